The number of nitrogens with zero attached hydrogens (tertiary/aromatic N) is 1. The van der Waals surface area contributed by atoms with Gasteiger partial charge in [-0.2, -0.15) is 0 Å². The Hall–Kier alpha value is -2.17. The van der Waals surface area contributed by atoms with Crippen LogP contribution in [0.1, 0.15) is 25.0 Å². The molecule has 0 aliphatic rings. The molecule has 0 bridgehead atoms. The van der Waals surface area contributed by atoms with Gasteiger partial charge in [-0.3, -0.25) is 9.71 Å². The van der Waals surface area contributed by atoms with Crippen LogP contribution in [0.3, 0.4) is 0 Å². The summed E-state index contributed by atoms with van der Waals surface area (Å²) in [5.41, 5.74) is -0.0805. The SMILES string of the molecule is Cc1cncc(S(=O)(=O)Nc2c(F)cc(Cl)cc2-c2ccc(OC(C)(C)C(=O)[O-])cc2)c1C.[Na+]. The maximum Gasteiger partial charge on any atom is 1.00 e. The van der Waals surface area contributed by atoms with Crippen LogP contribution < -0.4 is 44.1 Å². The van der Waals surface area contributed by atoms with Crippen LogP contribution in [-0.2, 0) is 14.8 Å². The quantitative estimate of drug-likeness (QED) is 0.469. The molecule has 0 unspecified atom stereocenters. The first-order valence-corrected chi connectivity index (χ1v) is 11.6. The number of hydrogen-bond acceptors (Lipinski definition) is 6. The van der Waals surface area contributed by atoms with Crippen LogP contribution in [0, 0.1) is 19.7 Å². The van der Waals surface area contributed by atoms with Gasteiger partial charge in [0.25, 0.3) is 10.0 Å². The van der Waals surface area contributed by atoms with E-state index in [9.17, 15) is 22.7 Å². The number of carboxylic acid groups (broad SMARTS) is 1. The van der Waals surface area contributed by atoms with Gasteiger partial charge in [-0.25, -0.2) is 12.8 Å². The minimum Gasteiger partial charge on any atom is -0.546 e. The zero-order valence-corrected chi connectivity index (χ0v) is 22.8. The molecule has 0 saturated carbocycles. The molecule has 0 atom stereocenters. The molecule has 0 aliphatic carbocycles. The molecule has 0 saturated heterocycles. The van der Waals surface area contributed by atoms with Crippen molar-refractivity contribution in [2.75, 3.05) is 4.72 Å². The third-order valence-electron chi connectivity index (χ3n) is 5.03. The third-order valence-corrected chi connectivity index (χ3v) is 6.71. The standard InChI is InChI=1S/C23H22ClFN2O5S.Na/c1-13-11-26-12-20(14(13)2)33(30,31)27-21-18(9-16(24)10-19(21)25)15-5-7-17(8-6-15)32-23(3,4)22(28)29;/h5-12,27H,1-4H3,(H,28,29);/q;+1/p-1. The van der Waals surface area contributed by atoms with E-state index < -0.39 is 27.4 Å². The van der Waals surface area contributed by atoms with Crippen molar-refractivity contribution in [3.05, 3.63) is 70.8 Å². The van der Waals surface area contributed by atoms with E-state index in [4.69, 9.17) is 16.3 Å². The first-order valence-electron chi connectivity index (χ1n) is 9.76. The summed E-state index contributed by atoms with van der Waals surface area (Å²) in [6, 6.07) is 8.44. The smallest absolute Gasteiger partial charge is 0.546 e. The number of halogens is 2. The van der Waals surface area contributed by atoms with E-state index >= 15 is 0 Å². The molecule has 3 rings (SSSR count). The van der Waals surface area contributed by atoms with E-state index in [1.165, 1.54) is 56.6 Å². The molecule has 2 aromatic carbocycles. The fraction of sp³-hybridized carbons (Fsp3) is 0.217. The molecule has 0 fully saturated rings. The Kier molecular flexibility index (Phi) is 8.77. The van der Waals surface area contributed by atoms with Crippen molar-refractivity contribution < 1.29 is 57.0 Å². The molecule has 34 heavy (non-hydrogen) atoms. The fourth-order valence-corrected chi connectivity index (χ4v) is 4.56. The minimum absolute atomic E-state index is 0. The zero-order valence-electron chi connectivity index (χ0n) is 19.3. The fourth-order valence-electron chi connectivity index (χ4n) is 3.01. The Bertz CT molecular complexity index is 1330. The van der Waals surface area contributed by atoms with Gasteiger partial charge in [0.15, 0.2) is 0 Å². The third kappa shape index (κ3) is 6.09. The van der Waals surface area contributed by atoms with Crippen molar-refractivity contribution in [2.45, 2.75) is 38.2 Å². The van der Waals surface area contributed by atoms with E-state index in [0.29, 0.717) is 16.7 Å². The normalized spacial score (nSPS) is 11.5. The van der Waals surface area contributed by atoms with Gasteiger partial charge < -0.3 is 14.6 Å². The van der Waals surface area contributed by atoms with E-state index in [0.717, 1.165) is 6.07 Å². The van der Waals surface area contributed by atoms with Crippen LogP contribution in [0.5, 0.6) is 5.75 Å². The molecule has 1 N–H and O–H groups in total. The van der Waals surface area contributed by atoms with Crippen molar-refractivity contribution in [2.24, 2.45) is 0 Å². The van der Waals surface area contributed by atoms with Gasteiger partial charge in [0.05, 0.1) is 11.7 Å². The van der Waals surface area contributed by atoms with Gasteiger partial charge in [0.1, 0.15) is 22.1 Å². The van der Waals surface area contributed by atoms with Gasteiger partial charge in [0.2, 0.25) is 0 Å². The molecule has 0 radical (unpaired) electrons. The van der Waals surface area contributed by atoms with E-state index in [1.54, 1.807) is 13.8 Å². The minimum atomic E-state index is -4.17. The number of anilines is 1. The van der Waals surface area contributed by atoms with Crippen LogP contribution >= 0.6 is 11.6 Å². The summed E-state index contributed by atoms with van der Waals surface area (Å²) in [5.74, 6) is -2.02. The number of sulfonamides is 1. The Morgan fingerprint density at radius 1 is 1.15 bits per heavy atom. The van der Waals surface area contributed by atoms with Gasteiger partial charge in [-0.15, -0.1) is 0 Å². The summed E-state index contributed by atoms with van der Waals surface area (Å²) in [6.07, 6.45) is 2.73. The van der Waals surface area contributed by atoms with E-state index in [1.807, 2.05) is 0 Å². The number of benzene rings is 2. The second-order valence-electron chi connectivity index (χ2n) is 7.92. The predicted molar refractivity (Wildman–Crippen MR) is 121 cm³/mol. The summed E-state index contributed by atoms with van der Waals surface area (Å²) < 4.78 is 48.7. The molecule has 11 heteroatoms. The number of ether oxygens (including phenoxy) is 1. The number of pyridine rings is 1. The van der Waals surface area contributed by atoms with Crippen LogP contribution in [-0.4, -0.2) is 25.0 Å². The molecular weight excluding hydrogens is 494 g/mol. The van der Waals surface area contributed by atoms with Crippen molar-refractivity contribution in [1.82, 2.24) is 4.98 Å². The van der Waals surface area contributed by atoms with Gasteiger partial charge in [0, 0.05) is 23.0 Å². The molecule has 0 amide bonds. The van der Waals surface area contributed by atoms with Crippen molar-refractivity contribution >= 4 is 33.3 Å². The van der Waals surface area contributed by atoms with Crippen LogP contribution in [0.25, 0.3) is 11.1 Å². The van der Waals surface area contributed by atoms with Gasteiger partial charge >= 0.3 is 29.6 Å². The molecule has 174 valence electrons. The van der Waals surface area contributed by atoms with E-state index in [-0.39, 0.29) is 56.5 Å². The number of carbonyl (C=O) groups is 1. The molecule has 3 aromatic rings. The maximum absolute atomic E-state index is 14.9. The van der Waals surface area contributed by atoms with Crippen molar-refractivity contribution in [3.8, 4) is 16.9 Å². The zero-order chi connectivity index (χ0) is 24.6. The average Bonchev–Trinajstić information content (AvgIpc) is 2.72. The number of rotatable bonds is 7. The molecule has 7 nitrogen and oxygen atoms in total. The topological polar surface area (TPSA) is 108 Å². The van der Waals surface area contributed by atoms with Crippen LogP contribution in [0.15, 0.2) is 53.7 Å². The second-order valence-corrected chi connectivity index (χ2v) is 10.0. The maximum atomic E-state index is 14.9. The number of nitrogens with one attached hydrogen (secondary N) is 1. The first kappa shape index (κ1) is 28.1. The molecule has 0 spiro atoms. The second kappa shape index (κ2) is 10.6. The van der Waals surface area contributed by atoms with Gasteiger partial charge in [-0.05, 0) is 68.7 Å². The molecule has 1 aromatic heterocycles. The first-order chi connectivity index (χ1) is 15.3. The predicted octanol–water partition coefficient (Wildman–Crippen LogP) is 0.870. The number of carboxylic acids is 1. The summed E-state index contributed by atoms with van der Waals surface area (Å²) in [7, 11) is -4.17. The Labute approximate surface area is 224 Å². The summed E-state index contributed by atoms with van der Waals surface area (Å²) in [5, 5.41) is 11.2. The van der Waals surface area contributed by atoms with Crippen molar-refractivity contribution in [1.29, 1.82) is 0 Å². The largest absolute Gasteiger partial charge is 1.00 e. The number of aromatic nitrogens is 1. The Morgan fingerprint density at radius 3 is 2.35 bits per heavy atom. The number of aliphatic carboxylic acids is 1. The van der Waals surface area contributed by atoms with Crippen LogP contribution in [0.2, 0.25) is 5.02 Å². The summed E-state index contributed by atoms with van der Waals surface area (Å²) in [6.45, 7) is 6.05. The van der Waals surface area contributed by atoms with Crippen LogP contribution in [0.4, 0.5) is 10.1 Å². The number of aryl methyl sites for hydroxylation is 1. The summed E-state index contributed by atoms with van der Waals surface area (Å²) >= 11 is 6.04. The summed E-state index contributed by atoms with van der Waals surface area (Å²) in [4.78, 5) is 15.0. The molecule has 0 aliphatic heterocycles. The van der Waals surface area contributed by atoms with Crippen molar-refractivity contribution in [3.63, 3.8) is 0 Å². The number of hydrogen-bond donors (Lipinski definition) is 1. The average molecular weight is 515 g/mol. The molecule has 1 heterocycles. The monoisotopic (exact) mass is 514 g/mol. The Morgan fingerprint density at radius 2 is 1.76 bits per heavy atom. The molecular formula is C23H21ClFN2NaO5S. The Balaban J connectivity index is 0.00000408. The van der Waals surface area contributed by atoms with E-state index in [2.05, 4.69) is 9.71 Å². The van der Waals surface area contributed by atoms with Gasteiger partial charge in [-0.1, -0.05) is 23.7 Å². The number of carbonyl (C=O) groups excluding carboxylic acids is 1.